The Bertz CT molecular complexity index is 754. The van der Waals surface area contributed by atoms with Crippen LogP contribution >= 0.6 is 0 Å². The zero-order valence-electron chi connectivity index (χ0n) is 25.1. The van der Waals surface area contributed by atoms with Crippen molar-refractivity contribution in [3.8, 4) is 0 Å². The van der Waals surface area contributed by atoms with Crippen molar-refractivity contribution in [1.29, 1.82) is 0 Å². The van der Waals surface area contributed by atoms with Crippen LogP contribution in [0.25, 0.3) is 0 Å². The normalized spacial score (nSPS) is 37.7. The maximum atomic E-state index is 6.00. The highest BCUT2D eigenvalue weighted by atomic mass is 15.0. The number of allylic oxidation sites excluding steroid dienone is 2. The third-order valence-corrected chi connectivity index (χ3v) is 8.71. The van der Waals surface area contributed by atoms with Crippen molar-refractivity contribution in [2.24, 2.45) is 28.9 Å². The smallest absolute Gasteiger partial charge is 0.0342 e. The molecule has 5 nitrogen and oxygen atoms in total. The first kappa shape index (κ1) is 36.0. The molecule has 6 unspecified atom stereocenters. The molecule has 0 aromatic heterocycles. The standard InChI is InChI=1S/3C8H15N.C7H16N2.CH4/c3*1-3-8(9)5-4-7(2)6-8;1-3-7(8)4-6(2)9-5-7;/h6H,3-5,9H2,1-2H3;4H,3,5-6,9H2,1-2H3;4-5,7H,3,6,9H2,1-2H3;6,9H,3-5,8H2,1-2H3;1H4. The van der Waals surface area contributed by atoms with E-state index in [4.69, 9.17) is 22.9 Å². The molecule has 0 radical (unpaired) electrons. The van der Waals surface area contributed by atoms with Gasteiger partial charge >= 0.3 is 0 Å². The molecule has 1 fully saturated rings. The minimum Gasteiger partial charge on any atom is -0.325 e. The second-order valence-electron chi connectivity index (χ2n) is 12.6. The SMILES string of the molecule is C.CCC1(N)C=C(C)CC1.CCC1(N)C=CC(C)C1.CCC1(N)CC=C(C)C1.CCC1(N)CNC(C)C1. The Balaban J connectivity index is 0.000000463. The molecule has 0 aromatic carbocycles. The lowest BCUT2D eigenvalue weighted by atomic mass is 9.94. The van der Waals surface area contributed by atoms with Crippen LogP contribution in [0.5, 0.6) is 0 Å². The van der Waals surface area contributed by atoms with E-state index >= 15 is 0 Å². The van der Waals surface area contributed by atoms with Crippen LogP contribution in [0.3, 0.4) is 0 Å². The molecule has 37 heavy (non-hydrogen) atoms. The molecule has 9 N–H and O–H groups in total. The molecule has 5 heteroatoms. The van der Waals surface area contributed by atoms with Gasteiger partial charge in [-0.2, -0.15) is 0 Å². The summed E-state index contributed by atoms with van der Waals surface area (Å²) in [4.78, 5) is 0. The molecule has 0 aromatic rings. The minimum absolute atomic E-state index is 0. The van der Waals surface area contributed by atoms with Crippen LogP contribution in [-0.4, -0.2) is 34.7 Å². The fourth-order valence-corrected chi connectivity index (χ4v) is 5.44. The summed E-state index contributed by atoms with van der Waals surface area (Å²) in [6.07, 6.45) is 19.9. The molecule has 4 aliphatic rings. The fraction of sp³-hybridized carbons (Fsp3) is 0.812. The van der Waals surface area contributed by atoms with E-state index in [2.05, 4.69) is 85.0 Å². The van der Waals surface area contributed by atoms with Gasteiger partial charge in [0.05, 0.1) is 0 Å². The van der Waals surface area contributed by atoms with E-state index in [1.54, 1.807) is 0 Å². The maximum Gasteiger partial charge on any atom is 0.0342 e. The average molecular weight is 520 g/mol. The summed E-state index contributed by atoms with van der Waals surface area (Å²) >= 11 is 0. The zero-order chi connectivity index (χ0) is 27.6. The minimum atomic E-state index is 0. The van der Waals surface area contributed by atoms with Crippen molar-refractivity contribution < 1.29 is 0 Å². The third-order valence-electron chi connectivity index (χ3n) is 8.71. The van der Waals surface area contributed by atoms with Gasteiger partial charge in [-0.1, -0.05) is 77.5 Å². The van der Waals surface area contributed by atoms with E-state index in [9.17, 15) is 0 Å². The van der Waals surface area contributed by atoms with Crippen molar-refractivity contribution >= 4 is 0 Å². The summed E-state index contributed by atoms with van der Waals surface area (Å²) in [7, 11) is 0. The summed E-state index contributed by atoms with van der Waals surface area (Å²) in [5.41, 5.74) is 27.1. The van der Waals surface area contributed by atoms with Crippen LogP contribution in [0.2, 0.25) is 0 Å². The van der Waals surface area contributed by atoms with Crippen LogP contribution in [0.1, 0.15) is 127 Å². The molecule has 0 amide bonds. The Morgan fingerprint density at radius 1 is 0.838 bits per heavy atom. The summed E-state index contributed by atoms with van der Waals surface area (Å²) < 4.78 is 0. The Hall–Kier alpha value is -0.980. The van der Waals surface area contributed by atoms with E-state index in [1.165, 1.54) is 17.6 Å². The van der Waals surface area contributed by atoms with Crippen LogP contribution < -0.4 is 28.3 Å². The zero-order valence-corrected chi connectivity index (χ0v) is 25.1. The van der Waals surface area contributed by atoms with Gasteiger partial charge in [0.15, 0.2) is 0 Å². The van der Waals surface area contributed by atoms with Gasteiger partial charge in [-0.3, -0.25) is 0 Å². The van der Waals surface area contributed by atoms with E-state index < -0.39 is 0 Å². The van der Waals surface area contributed by atoms with Crippen LogP contribution in [0.15, 0.2) is 35.5 Å². The lowest BCUT2D eigenvalue weighted by Crippen LogP contribution is -2.40. The highest BCUT2D eigenvalue weighted by molar-refractivity contribution is 5.18. The lowest BCUT2D eigenvalue weighted by Gasteiger charge is -2.21. The fourth-order valence-electron chi connectivity index (χ4n) is 5.44. The quantitative estimate of drug-likeness (QED) is 0.273. The molecular formula is C32H65N5. The number of rotatable bonds is 4. The number of nitrogens with two attached hydrogens (primary N) is 4. The second-order valence-corrected chi connectivity index (χ2v) is 12.6. The molecular weight excluding hydrogens is 454 g/mol. The van der Waals surface area contributed by atoms with Crippen LogP contribution in [0.4, 0.5) is 0 Å². The van der Waals surface area contributed by atoms with Crippen molar-refractivity contribution in [2.45, 2.75) is 155 Å². The van der Waals surface area contributed by atoms with Crippen molar-refractivity contribution in [2.75, 3.05) is 6.54 Å². The Labute approximate surface area is 231 Å². The van der Waals surface area contributed by atoms with Gasteiger partial charge in [0.25, 0.3) is 0 Å². The van der Waals surface area contributed by atoms with Crippen molar-refractivity contribution in [3.05, 3.63) is 35.5 Å². The third kappa shape index (κ3) is 12.6. The number of hydrogen-bond donors (Lipinski definition) is 5. The Morgan fingerprint density at radius 3 is 1.65 bits per heavy atom. The molecule has 218 valence electrons. The monoisotopic (exact) mass is 520 g/mol. The van der Waals surface area contributed by atoms with Gasteiger partial charge in [0.2, 0.25) is 0 Å². The lowest BCUT2D eigenvalue weighted by molar-refractivity contribution is 0.435. The molecule has 4 rings (SSSR count). The van der Waals surface area contributed by atoms with E-state index in [0.29, 0.717) is 12.0 Å². The predicted octanol–water partition coefficient (Wildman–Crippen LogP) is 6.47. The topological polar surface area (TPSA) is 116 Å². The van der Waals surface area contributed by atoms with Crippen molar-refractivity contribution in [3.63, 3.8) is 0 Å². The van der Waals surface area contributed by atoms with Gasteiger partial charge < -0.3 is 28.3 Å². The highest BCUT2D eigenvalue weighted by Gasteiger charge is 2.31. The maximum absolute atomic E-state index is 6.00. The Morgan fingerprint density at radius 2 is 1.43 bits per heavy atom. The van der Waals surface area contributed by atoms with Gasteiger partial charge in [-0.15, -0.1) is 0 Å². The molecule has 3 aliphatic carbocycles. The molecule has 1 saturated heterocycles. The summed E-state index contributed by atoms with van der Waals surface area (Å²) in [6.45, 7) is 18.3. The van der Waals surface area contributed by atoms with Crippen LogP contribution in [0, 0.1) is 5.92 Å². The van der Waals surface area contributed by atoms with Crippen molar-refractivity contribution in [1.82, 2.24) is 5.32 Å². The van der Waals surface area contributed by atoms with Gasteiger partial charge in [-0.05, 0) is 90.9 Å². The number of nitrogens with one attached hydrogen (secondary N) is 1. The summed E-state index contributed by atoms with van der Waals surface area (Å²) in [5, 5.41) is 3.34. The predicted molar refractivity (Wildman–Crippen MR) is 167 cm³/mol. The second kappa shape index (κ2) is 15.6. The van der Waals surface area contributed by atoms with Gasteiger partial charge in [0.1, 0.15) is 0 Å². The first-order valence-electron chi connectivity index (χ1n) is 14.6. The number of hydrogen-bond acceptors (Lipinski definition) is 5. The molecule has 6 atom stereocenters. The molecule has 1 aliphatic heterocycles. The molecule has 1 heterocycles. The molecule has 0 bridgehead atoms. The van der Waals surface area contributed by atoms with Gasteiger partial charge in [0, 0.05) is 34.7 Å². The van der Waals surface area contributed by atoms with E-state index in [1.807, 2.05) is 0 Å². The summed E-state index contributed by atoms with van der Waals surface area (Å²) in [5.74, 6) is 0.690. The van der Waals surface area contributed by atoms with Gasteiger partial charge in [-0.25, -0.2) is 0 Å². The molecule has 0 saturated carbocycles. The van der Waals surface area contributed by atoms with E-state index in [0.717, 1.165) is 64.3 Å². The average Bonchev–Trinajstić information content (AvgIpc) is 3.58. The first-order valence-corrected chi connectivity index (χ1v) is 14.6. The first-order chi connectivity index (χ1) is 16.6. The highest BCUT2D eigenvalue weighted by Crippen LogP contribution is 2.29. The van der Waals surface area contributed by atoms with E-state index in [-0.39, 0.29) is 29.6 Å². The Kier molecular flexibility index (Phi) is 15.2. The largest absolute Gasteiger partial charge is 0.325 e. The van der Waals surface area contributed by atoms with Crippen LogP contribution in [-0.2, 0) is 0 Å². The molecule has 0 spiro atoms. The summed E-state index contributed by atoms with van der Waals surface area (Å²) in [6, 6.07) is 0.620.